The normalized spacial score (nSPS) is 30.4. The van der Waals surface area contributed by atoms with Gasteiger partial charge in [-0.05, 0) is 11.8 Å². The molecule has 1 aromatic heterocycles. The first-order chi connectivity index (χ1) is 11.4. The number of hydrogen-bond donors (Lipinski definition) is 1. The Labute approximate surface area is 142 Å². The summed E-state index contributed by atoms with van der Waals surface area (Å²) >= 11 is 0. The lowest BCUT2D eigenvalue weighted by Gasteiger charge is -2.51. The summed E-state index contributed by atoms with van der Waals surface area (Å²) in [5, 5.41) is 9.82. The second-order valence-corrected chi connectivity index (χ2v) is 8.55. The van der Waals surface area contributed by atoms with Crippen LogP contribution in [0.4, 0.5) is 0 Å². The highest BCUT2D eigenvalue weighted by Crippen LogP contribution is 2.54. The highest BCUT2D eigenvalue weighted by molar-refractivity contribution is 5.83. The Kier molecular flexibility index (Phi) is 3.65. The number of rotatable bonds is 4. The quantitative estimate of drug-likeness (QED) is 0.883. The van der Waals surface area contributed by atoms with Gasteiger partial charge in [0.25, 0.3) is 0 Å². The van der Waals surface area contributed by atoms with Crippen LogP contribution in [-0.4, -0.2) is 63.6 Å². The third kappa shape index (κ3) is 2.62. The zero-order chi connectivity index (χ0) is 16.9. The number of amides is 1. The predicted molar refractivity (Wildman–Crippen MR) is 88.8 cm³/mol. The van der Waals surface area contributed by atoms with Crippen molar-refractivity contribution in [3.63, 3.8) is 0 Å². The second-order valence-electron chi connectivity index (χ2n) is 8.55. The number of aliphatic hydroxyl groups excluding tert-OH is 1. The molecule has 3 fully saturated rings. The highest BCUT2D eigenvalue weighted by atomic mass is 16.3. The van der Waals surface area contributed by atoms with Crippen molar-refractivity contribution in [2.24, 2.45) is 22.7 Å². The summed E-state index contributed by atoms with van der Waals surface area (Å²) in [4.78, 5) is 25.4. The lowest BCUT2D eigenvalue weighted by atomic mass is 9.71. The molecule has 6 nitrogen and oxygen atoms in total. The molecule has 1 aliphatic carbocycles. The standard InChI is InChI=1S/C18H26N4O2/c1-17(2)5-15(17)16(24)22-11-18(12-22)10-21(7-13(18)9-23)8-14-6-19-3-4-20-14/h3-4,6,13,15,23H,5,7-12H2,1-2H3/t13-,15+/m0/s1. The Morgan fingerprint density at radius 2 is 2.08 bits per heavy atom. The molecule has 1 spiro atoms. The van der Waals surface area contributed by atoms with Crippen molar-refractivity contribution in [1.82, 2.24) is 19.8 Å². The van der Waals surface area contributed by atoms with Crippen LogP contribution in [0.1, 0.15) is 26.0 Å². The third-order valence-corrected chi connectivity index (χ3v) is 6.24. The van der Waals surface area contributed by atoms with Crippen LogP contribution in [0.15, 0.2) is 18.6 Å². The molecule has 1 amide bonds. The molecule has 0 unspecified atom stereocenters. The zero-order valence-electron chi connectivity index (χ0n) is 14.5. The summed E-state index contributed by atoms with van der Waals surface area (Å²) in [6.45, 7) is 8.65. The minimum absolute atomic E-state index is 0.0612. The Bertz CT molecular complexity index is 627. The summed E-state index contributed by atoms with van der Waals surface area (Å²) < 4.78 is 0. The molecule has 0 bridgehead atoms. The van der Waals surface area contributed by atoms with E-state index in [4.69, 9.17) is 0 Å². The van der Waals surface area contributed by atoms with E-state index in [9.17, 15) is 9.90 Å². The fraction of sp³-hybridized carbons (Fsp3) is 0.722. The fourth-order valence-corrected chi connectivity index (χ4v) is 4.49. The monoisotopic (exact) mass is 330 g/mol. The lowest BCUT2D eigenvalue weighted by Crippen LogP contribution is -2.63. The molecule has 3 heterocycles. The van der Waals surface area contributed by atoms with Gasteiger partial charge >= 0.3 is 0 Å². The first kappa shape index (κ1) is 16.0. The first-order valence-electron chi connectivity index (χ1n) is 8.80. The average Bonchev–Trinajstić information content (AvgIpc) is 3.01. The van der Waals surface area contributed by atoms with Crippen molar-refractivity contribution in [1.29, 1.82) is 0 Å². The number of carbonyl (C=O) groups is 1. The van der Waals surface area contributed by atoms with Gasteiger partial charge in [-0.15, -0.1) is 0 Å². The van der Waals surface area contributed by atoms with Crippen molar-refractivity contribution in [3.8, 4) is 0 Å². The van der Waals surface area contributed by atoms with E-state index in [0.717, 1.165) is 44.8 Å². The Morgan fingerprint density at radius 1 is 1.33 bits per heavy atom. The van der Waals surface area contributed by atoms with Crippen molar-refractivity contribution >= 4 is 5.91 Å². The SMILES string of the molecule is CC1(C)C[C@@H]1C(=O)N1CC2(CN(Cc3cnccn3)C[C@H]2CO)C1. The van der Waals surface area contributed by atoms with Crippen LogP contribution in [0.2, 0.25) is 0 Å². The van der Waals surface area contributed by atoms with Crippen molar-refractivity contribution in [2.45, 2.75) is 26.8 Å². The second kappa shape index (κ2) is 5.49. The highest BCUT2D eigenvalue weighted by Gasteiger charge is 2.59. The van der Waals surface area contributed by atoms with E-state index in [1.807, 2.05) is 4.90 Å². The molecule has 130 valence electrons. The molecule has 0 radical (unpaired) electrons. The molecule has 3 aliphatic rings. The molecule has 1 N–H and O–H groups in total. The van der Waals surface area contributed by atoms with Crippen LogP contribution in [-0.2, 0) is 11.3 Å². The molecule has 4 rings (SSSR count). The molecular formula is C18H26N4O2. The van der Waals surface area contributed by atoms with Gasteiger partial charge in [0.05, 0.1) is 5.69 Å². The minimum atomic E-state index is 0.0612. The summed E-state index contributed by atoms with van der Waals surface area (Å²) in [6.07, 6.45) is 6.20. The summed E-state index contributed by atoms with van der Waals surface area (Å²) in [6, 6.07) is 0. The van der Waals surface area contributed by atoms with E-state index in [0.29, 0.717) is 5.91 Å². The first-order valence-corrected chi connectivity index (χ1v) is 8.80. The molecule has 2 atom stereocenters. The summed E-state index contributed by atoms with van der Waals surface area (Å²) in [7, 11) is 0. The average molecular weight is 330 g/mol. The molecule has 1 aromatic rings. The zero-order valence-corrected chi connectivity index (χ0v) is 14.5. The van der Waals surface area contributed by atoms with E-state index < -0.39 is 0 Å². The number of nitrogens with zero attached hydrogens (tertiary/aromatic N) is 4. The van der Waals surface area contributed by atoms with Crippen LogP contribution in [0.3, 0.4) is 0 Å². The van der Waals surface area contributed by atoms with Gasteiger partial charge in [-0.3, -0.25) is 19.7 Å². The van der Waals surface area contributed by atoms with Gasteiger partial charge in [0.1, 0.15) is 0 Å². The van der Waals surface area contributed by atoms with E-state index in [1.54, 1.807) is 18.6 Å². The molecule has 0 aromatic carbocycles. The van der Waals surface area contributed by atoms with Gasteiger partial charge in [0.2, 0.25) is 5.91 Å². The molecule has 2 saturated heterocycles. The number of hydrogen-bond acceptors (Lipinski definition) is 5. The van der Waals surface area contributed by atoms with Gasteiger partial charge < -0.3 is 10.0 Å². The van der Waals surface area contributed by atoms with Crippen LogP contribution >= 0.6 is 0 Å². The third-order valence-electron chi connectivity index (χ3n) is 6.24. The molecule has 24 heavy (non-hydrogen) atoms. The van der Waals surface area contributed by atoms with E-state index in [1.165, 1.54) is 0 Å². The maximum atomic E-state index is 12.5. The predicted octanol–water partition coefficient (Wildman–Crippen LogP) is 0.775. The number of likely N-dealkylation sites (tertiary alicyclic amines) is 2. The van der Waals surface area contributed by atoms with Crippen molar-refractivity contribution < 1.29 is 9.90 Å². The van der Waals surface area contributed by atoms with Crippen LogP contribution in [0.5, 0.6) is 0 Å². The summed E-state index contributed by atoms with van der Waals surface area (Å²) in [5.41, 5.74) is 1.20. The van der Waals surface area contributed by atoms with E-state index in [2.05, 4.69) is 28.7 Å². The van der Waals surface area contributed by atoms with E-state index in [-0.39, 0.29) is 29.3 Å². The van der Waals surface area contributed by atoms with Crippen LogP contribution in [0.25, 0.3) is 0 Å². The smallest absolute Gasteiger partial charge is 0.226 e. The van der Waals surface area contributed by atoms with Gasteiger partial charge in [0, 0.05) is 75.2 Å². The number of aliphatic hydroxyl groups is 1. The summed E-state index contributed by atoms with van der Waals surface area (Å²) in [5.74, 6) is 0.764. The minimum Gasteiger partial charge on any atom is -0.396 e. The maximum Gasteiger partial charge on any atom is 0.226 e. The largest absolute Gasteiger partial charge is 0.396 e. The van der Waals surface area contributed by atoms with Crippen LogP contribution in [0, 0.1) is 22.7 Å². The lowest BCUT2D eigenvalue weighted by molar-refractivity contribution is -0.148. The molecule has 2 aliphatic heterocycles. The van der Waals surface area contributed by atoms with Crippen molar-refractivity contribution in [3.05, 3.63) is 24.3 Å². The molecular weight excluding hydrogens is 304 g/mol. The van der Waals surface area contributed by atoms with Gasteiger partial charge in [-0.25, -0.2) is 0 Å². The van der Waals surface area contributed by atoms with Gasteiger partial charge in [-0.1, -0.05) is 13.8 Å². The van der Waals surface area contributed by atoms with Crippen molar-refractivity contribution in [2.75, 3.05) is 32.8 Å². The Hall–Kier alpha value is -1.53. The Morgan fingerprint density at radius 3 is 2.67 bits per heavy atom. The van der Waals surface area contributed by atoms with E-state index >= 15 is 0 Å². The topological polar surface area (TPSA) is 69.6 Å². The number of aromatic nitrogens is 2. The van der Waals surface area contributed by atoms with Gasteiger partial charge in [0.15, 0.2) is 0 Å². The molecule has 6 heteroatoms. The van der Waals surface area contributed by atoms with Crippen LogP contribution < -0.4 is 0 Å². The maximum absolute atomic E-state index is 12.5. The van der Waals surface area contributed by atoms with Gasteiger partial charge in [-0.2, -0.15) is 0 Å². The Balaban J connectivity index is 1.38. The fourth-order valence-electron chi connectivity index (χ4n) is 4.49. The molecule has 1 saturated carbocycles. The number of carbonyl (C=O) groups excluding carboxylic acids is 1.